The fourth-order valence-electron chi connectivity index (χ4n) is 1.72. The largest absolute Gasteiger partial charge is 0.508 e. The van der Waals surface area contributed by atoms with E-state index < -0.39 is 0 Å². The summed E-state index contributed by atoms with van der Waals surface area (Å²) in [5.74, 6) is 0.741. The summed E-state index contributed by atoms with van der Waals surface area (Å²) < 4.78 is 5.46. The molecule has 0 spiro atoms. The van der Waals surface area contributed by atoms with Gasteiger partial charge >= 0.3 is 0 Å². The minimum atomic E-state index is -0.212. The van der Waals surface area contributed by atoms with Crippen LogP contribution in [-0.4, -0.2) is 16.8 Å². The Kier molecular flexibility index (Phi) is 4.68. The predicted molar refractivity (Wildman–Crippen MR) is 75.8 cm³/mol. The van der Waals surface area contributed by atoms with E-state index in [4.69, 9.17) is 4.74 Å². The van der Waals surface area contributed by atoms with E-state index in [-0.39, 0.29) is 12.4 Å². The molecule has 2 aromatic rings. The molecule has 0 aromatic heterocycles. The van der Waals surface area contributed by atoms with Crippen molar-refractivity contribution in [2.24, 2.45) is 10.2 Å². The highest BCUT2D eigenvalue weighted by molar-refractivity contribution is 5.53. The van der Waals surface area contributed by atoms with E-state index in [0.717, 1.165) is 0 Å². The van der Waals surface area contributed by atoms with Crippen LogP contribution in [0.4, 0.5) is 11.4 Å². The first kappa shape index (κ1) is 14.0. The SMILES string of the molecule is CCOc1ccccc1N=Nc1ccc(O)cc1CO. The van der Waals surface area contributed by atoms with Crippen molar-refractivity contribution in [3.8, 4) is 11.5 Å². The molecule has 0 amide bonds. The maximum atomic E-state index is 9.36. The van der Waals surface area contributed by atoms with Crippen LogP contribution in [0.3, 0.4) is 0 Å². The van der Waals surface area contributed by atoms with Gasteiger partial charge in [0, 0.05) is 5.56 Å². The Bertz CT molecular complexity index is 612. The van der Waals surface area contributed by atoms with Crippen molar-refractivity contribution >= 4 is 11.4 Å². The molecular weight excluding hydrogens is 256 g/mol. The molecule has 104 valence electrons. The molecule has 0 radical (unpaired) electrons. The minimum Gasteiger partial charge on any atom is -0.508 e. The van der Waals surface area contributed by atoms with Crippen LogP contribution < -0.4 is 4.74 Å². The van der Waals surface area contributed by atoms with Gasteiger partial charge < -0.3 is 14.9 Å². The number of phenolic OH excluding ortho intramolecular Hbond substituents is 1. The number of benzene rings is 2. The molecule has 20 heavy (non-hydrogen) atoms. The van der Waals surface area contributed by atoms with Crippen LogP contribution in [0.25, 0.3) is 0 Å². The molecule has 0 saturated carbocycles. The van der Waals surface area contributed by atoms with Crippen LogP contribution in [0.1, 0.15) is 12.5 Å². The van der Waals surface area contributed by atoms with Crippen LogP contribution in [0.15, 0.2) is 52.7 Å². The molecule has 2 N–H and O–H groups in total. The van der Waals surface area contributed by atoms with Crippen LogP contribution in [0.5, 0.6) is 11.5 Å². The van der Waals surface area contributed by atoms with Gasteiger partial charge in [0.25, 0.3) is 0 Å². The highest BCUT2D eigenvalue weighted by Gasteiger charge is 2.04. The third-order valence-electron chi connectivity index (χ3n) is 2.66. The maximum absolute atomic E-state index is 9.36. The monoisotopic (exact) mass is 272 g/mol. The summed E-state index contributed by atoms with van der Waals surface area (Å²) >= 11 is 0. The van der Waals surface area contributed by atoms with Crippen LogP contribution in [0.2, 0.25) is 0 Å². The Morgan fingerprint density at radius 3 is 2.55 bits per heavy atom. The van der Waals surface area contributed by atoms with Crippen molar-refractivity contribution in [2.45, 2.75) is 13.5 Å². The second-order valence-electron chi connectivity index (χ2n) is 4.07. The molecule has 0 saturated heterocycles. The molecule has 0 unspecified atom stereocenters. The van der Waals surface area contributed by atoms with Gasteiger partial charge in [-0.1, -0.05) is 12.1 Å². The lowest BCUT2D eigenvalue weighted by atomic mass is 10.2. The highest BCUT2D eigenvalue weighted by atomic mass is 16.5. The Morgan fingerprint density at radius 2 is 1.80 bits per heavy atom. The van der Waals surface area contributed by atoms with Gasteiger partial charge in [-0.15, -0.1) is 5.11 Å². The fourth-order valence-corrected chi connectivity index (χ4v) is 1.72. The number of aliphatic hydroxyl groups excluding tert-OH is 1. The standard InChI is InChI=1S/C15H16N2O3/c1-2-20-15-6-4-3-5-14(15)17-16-13-8-7-12(19)9-11(13)10-18/h3-9,18-19H,2,10H2,1H3. The van der Waals surface area contributed by atoms with E-state index in [0.29, 0.717) is 29.3 Å². The number of aliphatic hydroxyl groups is 1. The molecule has 5 nitrogen and oxygen atoms in total. The molecule has 0 heterocycles. The maximum Gasteiger partial charge on any atom is 0.146 e. The van der Waals surface area contributed by atoms with Crippen molar-refractivity contribution < 1.29 is 14.9 Å². The molecule has 0 aliphatic heterocycles. The summed E-state index contributed by atoms with van der Waals surface area (Å²) in [5, 5.41) is 26.9. The van der Waals surface area contributed by atoms with Crippen molar-refractivity contribution in [3.63, 3.8) is 0 Å². The van der Waals surface area contributed by atoms with Crippen molar-refractivity contribution in [1.82, 2.24) is 0 Å². The number of rotatable bonds is 5. The first-order valence-electron chi connectivity index (χ1n) is 6.31. The molecule has 0 fully saturated rings. The minimum absolute atomic E-state index is 0.0858. The summed E-state index contributed by atoms with van der Waals surface area (Å²) in [6.07, 6.45) is 0. The zero-order chi connectivity index (χ0) is 14.4. The van der Waals surface area contributed by atoms with E-state index in [1.807, 2.05) is 25.1 Å². The molecule has 0 bridgehead atoms. The third kappa shape index (κ3) is 3.33. The van der Waals surface area contributed by atoms with Crippen LogP contribution in [-0.2, 0) is 6.61 Å². The quantitative estimate of drug-likeness (QED) is 0.815. The lowest BCUT2D eigenvalue weighted by Gasteiger charge is -2.05. The number of ether oxygens (including phenoxy) is 1. The third-order valence-corrected chi connectivity index (χ3v) is 2.66. The first-order valence-corrected chi connectivity index (χ1v) is 6.31. The number of aromatic hydroxyl groups is 1. The zero-order valence-electron chi connectivity index (χ0n) is 11.2. The highest BCUT2D eigenvalue weighted by Crippen LogP contribution is 2.30. The zero-order valence-corrected chi connectivity index (χ0v) is 11.2. The van der Waals surface area contributed by atoms with E-state index in [2.05, 4.69) is 10.2 Å². The molecule has 5 heteroatoms. The van der Waals surface area contributed by atoms with Crippen LogP contribution in [0, 0.1) is 0 Å². The molecular formula is C15H16N2O3. The number of azo groups is 1. The Balaban J connectivity index is 2.30. The second kappa shape index (κ2) is 6.68. The fraction of sp³-hybridized carbons (Fsp3) is 0.200. The van der Waals surface area contributed by atoms with E-state index in [1.54, 1.807) is 12.1 Å². The first-order chi connectivity index (χ1) is 9.74. The summed E-state index contributed by atoms with van der Waals surface area (Å²) in [5.41, 5.74) is 1.64. The Labute approximate surface area is 117 Å². The number of para-hydroxylation sites is 1. The number of phenols is 1. The molecule has 2 rings (SSSR count). The van der Waals surface area contributed by atoms with Crippen molar-refractivity contribution in [3.05, 3.63) is 48.0 Å². The Morgan fingerprint density at radius 1 is 1.05 bits per heavy atom. The topological polar surface area (TPSA) is 74.4 Å². The van der Waals surface area contributed by atoms with Gasteiger partial charge in [0.2, 0.25) is 0 Å². The van der Waals surface area contributed by atoms with Crippen molar-refractivity contribution in [2.75, 3.05) is 6.61 Å². The molecule has 0 aliphatic carbocycles. The van der Waals surface area contributed by atoms with Gasteiger partial charge in [0.1, 0.15) is 17.2 Å². The Hall–Kier alpha value is -2.40. The van der Waals surface area contributed by atoms with Gasteiger partial charge in [0.05, 0.1) is 18.9 Å². The predicted octanol–water partition coefficient (Wildman–Crippen LogP) is 3.70. The number of hydrogen-bond acceptors (Lipinski definition) is 5. The van der Waals surface area contributed by atoms with Crippen LogP contribution >= 0.6 is 0 Å². The van der Waals surface area contributed by atoms with Gasteiger partial charge in [-0.25, -0.2) is 0 Å². The van der Waals surface area contributed by atoms with Gasteiger partial charge in [-0.2, -0.15) is 5.11 Å². The smallest absolute Gasteiger partial charge is 0.146 e. The lowest BCUT2D eigenvalue weighted by Crippen LogP contribution is -1.90. The summed E-state index contributed by atoms with van der Waals surface area (Å²) in [7, 11) is 0. The van der Waals surface area contributed by atoms with E-state index in [1.165, 1.54) is 12.1 Å². The van der Waals surface area contributed by atoms with Gasteiger partial charge in [-0.3, -0.25) is 0 Å². The van der Waals surface area contributed by atoms with E-state index in [9.17, 15) is 10.2 Å². The average molecular weight is 272 g/mol. The molecule has 0 aliphatic rings. The molecule has 0 atom stereocenters. The normalized spacial score (nSPS) is 10.9. The second-order valence-corrected chi connectivity index (χ2v) is 4.07. The summed E-state index contributed by atoms with van der Waals surface area (Å²) in [6, 6.07) is 11.9. The lowest BCUT2D eigenvalue weighted by molar-refractivity contribution is 0.281. The number of nitrogens with zero attached hydrogens (tertiary/aromatic N) is 2. The summed E-state index contributed by atoms with van der Waals surface area (Å²) in [4.78, 5) is 0. The van der Waals surface area contributed by atoms with E-state index >= 15 is 0 Å². The average Bonchev–Trinajstić information content (AvgIpc) is 2.47. The summed E-state index contributed by atoms with van der Waals surface area (Å²) in [6.45, 7) is 2.24. The van der Waals surface area contributed by atoms with Gasteiger partial charge in [-0.05, 0) is 37.3 Å². The van der Waals surface area contributed by atoms with Crippen molar-refractivity contribution in [1.29, 1.82) is 0 Å². The number of hydrogen-bond donors (Lipinski definition) is 2. The van der Waals surface area contributed by atoms with Gasteiger partial charge in [0.15, 0.2) is 0 Å². The molecule has 2 aromatic carbocycles.